The van der Waals surface area contributed by atoms with Crippen LogP contribution in [-0.2, 0) is 42.6 Å². The SMILES string of the molecule is COC(=O)CCc1ccc(-c2cc3ccc(S(=O)(=O)N[C@H]4CC[C@H](C(=O)N5CCOCC5C(C)C)CC4)cc3n2C)cc1. The Kier molecular flexibility index (Phi) is 9.58. The molecule has 2 heterocycles. The summed E-state index contributed by atoms with van der Waals surface area (Å²) in [4.78, 5) is 27.0. The molecule has 9 nitrogen and oxygen atoms in total. The largest absolute Gasteiger partial charge is 0.469 e. The first kappa shape index (κ1) is 31.2. The van der Waals surface area contributed by atoms with Crippen LogP contribution in [0, 0.1) is 11.8 Å². The molecule has 2 aliphatic rings. The Morgan fingerprint density at radius 3 is 2.44 bits per heavy atom. The van der Waals surface area contributed by atoms with E-state index in [9.17, 15) is 18.0 Å². The van der Waals surface area contributed by atoms with E-state index < -0.39 is 10.0 Å². The highest BCUT2D eigenvalue weighted by Crippen LogP contribution is 2.32. The van der Waals surface area contributed by atoms with E-state index in [0.717, 1.165) is 27.7 Å². The van der Waals surface area contributed by atoms with Gasteiger partial charge in [-0.25, -0.2) is 13.1 Å². The number of aryl methyl sites for hydroxylation is 2. The number of nitrogens with zero attached hydrogens (tertiary/aromatic N) is 2. The molecule has 1 saturated heterocycles. The lowest BCUT2D eigenvalue weighted by atomic mass is 9.85. The van der Waals surface area contributed by atoms with Crippen molar-refractivity contribution in [3.63, 3.8) is 0 Å². The minimum Gasteiger partial charge on any atom is -0.469 e. The standard InChI is InChI=1S/C33H43N3O6S/c1-22(2)31-21-42-18-17-36(31)33(38)25-10-13-27(14-11-25)34-43(39,40)28-15-12-26-19-29(35(3)30(26)20-28)24-8-5-23(6-9-24)7-16-32(37)41-4/h5-6,8-9,12,15,19-20,22,25,27,31,34H,7,10-11,13-14,16-18,21H2,1-4H3/t25-,27-,31?. The Balaban J connectivity index is 1.23. The van der Waals surface area contributed by atoms with Gasteiger partial charge in [-0.3, -0.25) is 9.59 Å². The summed E-state index contributed by atoms with van der Waals surface area (Å²) in [5, 5.41) is 0.952. The zero-order valence-electron chi connectivity index (χ0n) is 25.5. The van der Waals surface area contributed by atoms with Crippen LogP contribution < -0.4 is 4.72 Å². The number of morpholine rings is 1. The first-order valence-corrected chi connectivity index (χ1v) is 16.7. The van der Waals surface area contributed by atoms with Gasteiger partial charge in [0, 0.05) is 48.6 Å². The molecule has 1 aliphatic heterocycles. The van der Waals surface area contributed by atoms with E-state index in [1.165, 1.54) is 7.11 Å². The molecule has 5 rings (SSSR count). The topological polar surface area (TPSA) is 107 Å². The number of rotatable bonds is 9. The van der Waals surface area contributed by atoms with E-state index in [-0.39, 0.29) is 34.8 Å². The Hall–Kier alpha value is -3.21. The van der Waals surface area contributed by atoms with Crippen LogP contribution in [0.3, 0.4) is 0 Å². The third-order valence-electron chi connectivity index (χ3n) is 9.04. The number of esters is 1. The van der Waals surface area contributed by atoms with Gasteiger partial charge in [0.15, 0.2) is 0 Å². The molecule has 0 radical (unpaired) electrons. The van der Waals surface area contributed by atoms with Crippen molar-refractivity contribution in [3.8, 4) is 11.3 Å². The van der Waals surface area contributed by atoms with Crippen LogP contribution >= 0.6 is 0 Å². The maximum Gasteiger partial charge on any atom is 0.305 e. The van der Waals surface area contributed by atoms with Gasteiger partial charge >= 0.3 is 5.97 Å². The normalized spacial score (nSPS) is 21.3. The lowest BCUT2D eigenvalue weighted by molar-refractivity contribution is -0.147. The highest BCUT2D eigenvalue weighted by molar-refractivity contribution is 7.89. The summed E-state index contributed by atoms with van der Waals surface area (Å²) < 4.78 is 42.1. The van der Waals surface area contributed by atoms with Crippen LogP contribution in [0.1, 0.15) is 51.5 Å². The molecule has 43 heavy (non-hydrogen) atoms. The molecule has 1 amide bonds. The van der Waals surface area contributed by atoms with Gasteiger partial charge in [0.1, 0.15) is 0 Å². The van der Waals surface area contributed by atoms with Crippen molar-refractivity contribution in [3.05, 3.63) is 54.1 Å². The van der Waals surface area contributed by atoms with Crippen molar-refractivity contribution in [2.75, 3.05) is 26.9 Å². The molecule has 1 atom stereocenters. The molecule has 2 fully saturated rings. The molecule has 1 unspecified atom stereocenters. The number of nitrogens with one attached hydrogen (secondary N) is 1. The fraction of sp³-hybridized carbons (Fsp3) is 0.515. The zero-order chi connectivity index (χ0) is 30.7. The van der Waals surface area contributed by atoms with Crippen LogP contribution in [0.25, 0.3) is 22.2 Å². The van der Waals surface area contributed by atoms with Gasteiger partial charge in [-0.15, -0.1) is 0 Å². The average molecular weight is 610 g/mol. The number of hydrogen-bond acceptors (Lipinski definition) is 6. The summed E-state index contributed by atoms with van der Waals surface area (Å²) in [5.41, 5.74) is 3.85. The predicted octanol–water partition coefficient (Wildman–Crippen LogP) is 4.67. The predicted molar refractivity (Wildman–Crippen MR) is 166 cm³/mol. The monoisotopic (exact) mass is 609 g/mol. The number of aromatic nitrogens is 1. The van der Waals surface area contributed by atoms with Gasteiger partial charge < -0.3 is 18.9 Å². The van der Waals surface area contributed by atoms with E-state index in [1.54, 1.807) is 12.1 Å². The highest BCUT2D eigenvalue weighted by atomic mass is 32.2. The molecule has 0 spiro atoms. The molecular formula is C33H43N3O6S. The van der Waals surface area contributed by atoms with Crippen molar-refractivity contribution in [1.82, 2.24) is 14.2 Å². The third-order valence-corrected chi connectivity index (χ3v) is 10.6. The summed E-state index contributed by atoms with van der Waals surface area (Å²) in [5.74, 6) is 0.212. The molecular weight excluding hydrogens is 566 g/mol. The Morgan fingerprint density at radius 2 is 1.77 bits per heavy atom. The highest BCUT2D eigenvalue weighted by Gasteiger charge is 2.36. The molecule has 10 heteroatoms. The maximum atomic E-state index is 13.4. The number of methoxy groups -OCH3 is 1. The van der Waals surface area contributed by atoms with E-state index in [4.69, 9.17) is 9.47 Å². The first-order chi connectivity index (χ1) is 20.6. The molecule has 1 saturated carbocycles. The van der Waals surface area contributed by atoms with Gasteiger partial charge in [-0.2, -0.15) is 0 Å². The number of carbonyl (C=O) groups is 2. The fourth-order valence-electron chi connectivity index (χ4n) is 6.37. The van der Waals surface area contributed by atoms with Crippen LogP contribution in [0.15, 0.2) is 53.4 Å². The Labute approximate surface area is 254 Å². The summed E-state index contributed by atoms with van der Waals surface area (Å²) in [7, 11) is -0.412. The molecule has 232 valence electrons. The number of carbonyl (C=O) groups excluding carboxylic acids is 2. The van der Waals surface area contributed by atoms with Crippen LogP contribution in [0.5, 0.6) is 0 Å². The van der Waals surface area contributed by atoms with Gasteiger partial charge in [-0.05, 0) is 67.3 Å². The number of benzene rings is 2. The van der Waals surface area contributed by atoms with Crippen molar-refractivity contribution in [1.29, 1.82) is 0 Å². The number of sulfonamides is 1. The molecule has 1 N–H and O–H groups in total. The summed E-state index contributed by atoms with van der Waals surface area (Å²) in [6.45, 7) is 6.01. The molecule has 2 aromatic carbocycles. The van der Waals surface area contributed by atoms with Crippen molar-refractivity contribution in [2.24, 2.45) is 18.9 Å². The number of amides is 1. The van der Waals surface area contributed by atoms with E-state index in [0.29, 0.717) is 64.2 Å². The number of fused-ring (bicyclic) bond motifs is 1. The van der Waals surface area contributed by atoms with Crippen molar-refractivity contribution < 1.29 is 27.5 Å². The van der Waals surface area contributed by atoms with E-state index >= 15 is 0 Å². The number of ether oxygens (including phenoxy) is 2. The van der Waals surface area contributed by atoms with Crippen LogP contribution in [0.4, 0.5) is 0 Å². The first-order valence-electron chi connectivity index (χ1n) is 15.2. The third kappa shape index (κ3) is 6.97. The minimum atomic E-state index is -3.74. The molecule has 0 bridgehead atoms. The van der Waals surface area contributed by atoms with Gasteiger partial charge in [0.25, 0.3) is 0 Å². The molecule has 1 aromatic heterocycles. The average Bonchev–Trinajstić information content (AvgIpc) is 3.35. The van der Waals surface area contributed by atoms with Crippen LogP contribution in [-0.4, -0.2) is 68.7 Å². The smallest absolute Gasteiger partial charge is 0.305 e. The summed E-state index contributed by atoms with van der Waals surface area (Å²) in [6.07, 6.45) is 3.57. The fourth-order valence-corrected chi connectivity index (χ4v) is 7.70. The molecule has 1 aliphatic carbocycles. The van der Waals surface area contributed by atoms with Crippen molar-refractivity contribution >= 4 is 32.8 Å². The van der Waals surface area contributed by atoms with E-state index in [1.807, 2.05) is 46.8 Å². The van der Waals surface area contributed by atoms with Gasteiger partial charge in [0.2, 0.25) is 15.9 Å². The second kappa shape index (κ2) is 13.2. The Morgan fingerprint density at radius 1 is 1.05 bits per heavy atom. The second-order valence-electron chi connectivity index (χ2n) is 12.2. The van der Waals surface area contributed by atoms with Crippen LogP contribution in [0.2, 0.25) is 0 Å². The number of hydrogen-bond donors (Lipinski definition) is 1. The second-order valence-corrected chi connectivity index (χ2v) is 13.9. The minimum absolute atomic E-state index is 0.0693. The lowest BCUT2D eigenvalue weighted by Gasteiger charge is -2.41. The van der Waals surface area contributed by atoms with Crippen molar-refractivity contribution in [2.45, 2.75) is 69.4 Å². The Bertz CT molecular complexity index is 1560. The van der Waals surface area contributed by atoms with Gasteiger partial charge in [0.05, 0.1) is 31.3 Å². The summed E-state index contributed by atoms with van der Waals surface area (Å²) in [6, 6.07) is 15.2. The van der Waals surface area contributed by atoms with Gasteiger partial charge in [-0.1, -0.05) is 44.2 Å². The zero-order valence-corrected chi connectivity index (χ0v) is 26.4. The van der Waals surface area contributed by atoms with E-state index in [2.05, 4.69) is 24.6 Å². The lowest BCUT2D eigenvalue weighted by Crippen LogP contribution is -2.53. The quantitative estimate of drug-likeness (QED) is 0.354. The summed E-state index contributed by atoms with van der Waals surface area (Å²) >= 11 is 0. The maximum absolute atomic E-state index is 13.4. The molecule has 3 aromatic rings.